The van der Waals surface area contributed by atoms with Gasteiger partial charge in [-0.1, -0.05) is 0 Å². The molecule has 3 N–H and O–H groups in total. The molecule has 1 atom stereocenters. The van der Waals surface area contributed by atoms with Crippen molar-refractivity contribution in [1.29, 1.82) is 0 Å². The lowest BCUT2D eigenvalue weighted by Crippen LogP contribution is -2.26. The largest absolute Gasteiger partial charge is 0.352 e. The number of hydrogen-bond acceptors (Lipinski definition) is 3. The minimum absolute atomic E-state index is 0.0761. The fraction of sp³-hybridized carbons (Fsp3) is 0.455. The number of nitrogens with two attached hydrogens (primary N) is 1. The lowest BCUT2D eigenvalue weighted by Gasteiger charge is -2.06. The lowest BCUT2D eigenvalue weighted by atomic mass is 10.2. The molecule has 0 fully saturated rings. The van der Waals surface area contributed by atoms with E-state index in [9.17, 15) is 4.79 Å². The van der Waals surface area contributed by atoms with Crippen LogP contribution in [0.3, 0.4) is 0 Å². The van der Waals surface area contributed by atoms with Crippen LogP contribution in [-0.4, -0.2) is 23.5 Å². The third-order valence-corrected chi connectivity index (χ3v) is 2.05. The van der Waals surface area contributed by atoms with E-state index in [-0.39, 0.29) is 11.9 Å². The fourth-order valence-electron chi connectivity index (χ4n) is 1.23. The second-order valence-electron chi connectivity index (χ2n) is 3.62. The zero-order chi connectivity index (χ0) is 11.1. The number of aromatic nitrogens is 1. The SMILES string of the molecule is CC(N)CCCNC(=O)c1cccnc1. The maximum atomic E-state index is 11.5. The summed E-state index contributed by atoms with van der Waals surface area (Å²) in [5.74, 6) is -0.0761. The van der Waals surface area contributed by atoms with Gasteiger partial charge in [-0.2, -0.15) is 0 Å². The van der Waals surface area contributed by atoms with Crippen LogP contribution in [-0.2, 0) is 0 Å². The summed E-state index contributed by atoms with van der Waals surface area (Å²) < 4.78 is 0. The van der Waals surface area contributed by atoms with Gasteiger partial charge in [-0.05, 0) is 31.9 Å². The van der Waals surface area contributed by atoms with Crippen LogP contribution in [0, 0.1) is 0 Å². The van der Waals surface area contributed by atoms with Gasteiger partial charge in [-0.25, -0.2) is 0 Å². The highest BCUT2D eigenvalue weighted by Gasteiger charge is 2.03. The summed E-state index contributed by atoms with van der Waals surface area (Å²) in [6.07, 6.45) is 5.03. The molecule has 1 unspecified atom stereocenters. The topological polar surface area (TPSA) is 68.0 Å². The zero-order valence-electron chi connectivity index (χ0n) is 8.94. The van der Waals surface area contributed by atoms with Gasteiger partial charge in [0.25, 0.3) is 5.91 Å². The Hall–Kier alpha value is -1.42. The second kappa shape index (κ2) is 6.14. The van der Waals surface area contributed by atoms with Gasteiger partial charge in [0.15, 0.2) is 0 Å². The molecule has 1 rings (SSSR count). The van der Waals surface area contributed by atoms with Crippen LogP contribution >= 0.6 is 0 Å². The first-order valence-electron chi connectivity index (χ1n) is 5.14. The lowest BCUT2D eigenvalue weighted by molar-refractivity contribution is 0.0952. The quantitative estimate of drug-likeness (QED) is 0.706. The van der Waals surface area contributed by atoms with Crippen molar-refractivity contribution < 1.29 is 4.79 Å². The van der Waals surface area contributed by atoms with E-state index < -0.39 is 0 Å². The number of amides is 1. The van der Waals surface area contributed by atoms with Gasteiger partial charge in [-0.3, -0.25) is 9.78 Å². The van der Waals surface area contributed by atoms with Crippen LogP contribution in [0.4, 0.5) is 0 Å². The molecular weight excluding hydrogens is 190 g/mol. The molecule has 0 aromatic carbocycles. The van der Waals surface area contributed by atoms with E-state index in [4.69, 9.17) is 5.73 Å². The molecule has 4 heteroatoms. The highest BCUT2D eigenvalue weighted by atomic mass is 16.1. The van der Waals surface area contributed by atoms with Crippen molar-refractivity contribution in [3.05, 3.63) is 30.1 Å². The van der Waals surface area contributed by atoms with Crippen LogP contribution < -0.4 is 11.1 Å². The average Bonchev–Trinajstić information content (AvgIpc) is 2.25. The van der Waals surface area contributed by atoms with E-state index in [1.54, 1.807) is 24.5 Å². The van der Waals surface area contributed by atoms with Crippen molar-refractivity contribution in [2.75, 3.05) is 6.54 Å². The molecule has 0 radical (unpaired) electrons. The van der Waals surface area contributed by atoms with Crippen molar-refractivity contribution in [3.8, 4) is 0 Å². The highest BCUT2D eigenvalue weighted by Crippen LogP contribution is 1.96. The second-order valence-corrected chi connectivity index (χ2v) is 3.62. The summed E-state index contributed by atoms with van der Waals surface area (Å²) in [6.45, 7) is 2.62. The molecule has 15 heavy (non-hydrogen) atoms. The average molecular weight is 207 g/mol. The van der Waals surface area contributed by atoms with E-state index >= 15 is 0 Å². The molecule has 4 nitrogen and oxygen atoms in total. The Morgan fingerprint density at radius 1 is 1.67 bits per heavy atom. The molecule has 1 aromatic rings. The summed E-state index contributed by atoms with van der Waals surface area (Å²) >= 11 is 0. The van der Waals surface area contributed by atoms with Crippen LogP contribution in [0.1, 0.15) is 30.1 Å². The standard InChI is InChI=1S/C11H17N3O/c1-9(12)4-2-7-14-11(15)10-5-3-6-13-8-10/h3,5-6,8-9H,2,4,7,12H2,1H3,(H,14,15). The van der Waals surface area contributed by atoms with E-state index in [0.29, 0.717) is 12.1 Å². The molecule has 0 saturated carbocycles. The Labute approximate surface area is 89.9 Å². The molecule has 0 saturated heterocycles. The Kier molecular flexibility index (Phi) is 4.77. The van der Waals surface area contributed by atoms with Crippen LogP contribution in [0.15, 0.2) is 24.5 Å². The third-order valence-electron chi connectivity index (χ3n) is 2.05. The van der Waals surface area contributed by atoms with Crippen molar-refractivity contribution >= 4 is 5.91 Å². The van der Waals surface area contributed by atoms with E-state index in [0.717, 1.165) is 12.8 Å². The zero-order valence-corrected chi connectivity index (χ0v) is 8.94. The Morgan fingerprint density at radius 2 is 2.47 bits per heavy atom. The van der Waals surface area contributed by atoms with E-state index in [1.807, 2.05) is 6.92 Å². The molecule has 1 heterocycles. The number of nitrogens with zero attached hydrogens (tertiary/aromatic N) is 1. The van der Waals surface area contributed by atoms with Crippen LogP contribution in [0.25, 0.3) is 0 Å². The first-order valence-corrected chi connectivity index (χ1v) is 5.14. The van der Waals surface area contributed by atoms with Crippen molar-refractivity contribution in [2.24, 2.45) is 5.73 Å². The summed E-state index contributed by atoms with van der Waals surface area (Å²) in [4.78, 5) is 15.4. The Morgan fingerprint density at radius 3 is 3.07 bits per heavy atom. The number of pyridine rings is 1. The number of hydrogen-bond donors (Lipinski definition) is 2. The number of rotatable bonds is 5. The van der Waals surface area contributed by atoms with Crippen LogP contribution in [0.5, 0.6) is 0 Å². The van der Waals surface area contributed by atoms with Gasteiger partial charge in [0.1, 0.15) is 0 Å². The summed E-state index contributed by atoms with van der Waals surface area (Å²) in [5, 5.41) is 2.82. The van der Waals surface area contributed by atoms with Gasteiger partial charge in [0.05, 0.1) is 5.56 Å². The predicted molar refractivity (Wildman–Crippen MR) is 59.5 cm³/mol. The molecule has 0 spiro atoms. The molecule has 1 amide bonds. The first-order chi connectivity index (χ1) is 7.20. The number of carbonyl (C=O) groups is 1. The van der Waals surface area contributed by atoms with Crippen LogP contribution in [0.2, 0.25) is 0 Å². The predicted octanol–water partition coefficient (Wildman–Crippen LogP) is 0.939. The fourth-order valence-corrected chi connectivity index (χ4v) is 1.23. The third kappa shape index (κ3) is 4.56. The maximum Gasteiger partial charge on any atom is 0.252 e. The molecule has 0 aliphatic heterocycles. The Bertz CT molecular complexity index is 298. The van der Waals surface area contributed by atoms with Gasteiger partial charge >= 0.3 is 0 Å². The molecule has 0 aliphatic carbocycles. The van der Waals surface area contributed by atoms with E-state index in [1.165, 1.54) is 0 Å². The maximum absolute atomic E-state index is 11.5. The molecule has 82 valence electrons. The number of nitrogens with one attached hydrogen (secondary N) is 1. The monoisotopic (exact) mass is 207 g/mol. The van der Waals surface area contributed by atoms with Gasteiger partial charge in [0.2, 0.25) is 0 Å². The summed E-state index contributed by atoms with van der Waals surface area (Å²) in [7, 11) is 0. The molecule has 0 bridgehead atoms. The minimum atomic E-state index is -0.0761. The first kappa shape index (κ1) is 11.7. The van der Waals surface area contributed by atoms with Crippen molar-refractivity contribution in [2.45, 2.75) is 25.8 Å². The normalized spacial score (nSPS) is 12.1. The summed E-state index contributed by atoms with van der Waals surface area (Å²) in [6, 6.07) is 3.69. The minimum Gasteiger partial charge on any atom is -0.352 e. The van der Waals surface area contributed by atoms with Gasteiger partial charge in [0, 0.05) is 25.0 Å². The number of carbonyl (C=O) groups excluding carboxylic acids is 1. The van der Waals surface area contributed by atoms with E-state index in [2.05, 4.69) is 10.3 Å². The smallest absolute Gasteiger partial charge is 0.252 e. The molecule has 1 aromatic heterocycles. The summed E-state index contributed by atoms with van der Waals surface area (Å²) in [5.41, 5.74) is 6.19. The van der Waals surface area contributed by atoms with Crippen molar-refractivity contribution in [1.82, 2.24) is 10.3 Å². The Balaban J connectivity index is 2.25. The highest BCUT2D eigenvalue weighted by molar-refractivity contribution is 5.93. The van der Waals surface area contributed by atoms with Crippen molar-refractivity contribution in [3.63, 3.8) is 0 Å². The molecular formula is C11H17N3O. The van der Waals surface area contributed by atoms with Gasteiger partial charge < -0.3 is 11.1 Å². The van der Waals surface area contributed by atoms with Gasteiger partial charge in [-0.15, -0.1) is 0 Å². The molecule has 0 aliphatic rings.